The smallest absolute Gasteiger partial charge is 0.226 e. The van der Waals surface area contributed by atoms with Crippen LogP contribution in [0.4, 0.5) is 0 Å². The summed E-state index contributed by atoms with van der Waals surface area (Å²) in [6, 6.07) is 3.95. The van der Waals surface area contributed by atoms with E-state index in [9.17, 15) is 4.79 Å². The number of hydrogen-bond acceptors (Lipinski definition) is 2. The molecule has 4 nitrogen and oxygen atoms in total. The molecule has 0 aromatic carbocycles. The molecular formula is C11H19N3O. The number of nitrogens with two attached hydrogens (primary N) is 1. The van der Waals surface area contributed by atoms with E-state index in [1.807, 2.05) is 32.2 Å². The topological polar surface area (TPSA) is 70.9 Å². The fourth-order valence-electron chi connectivity index (χ4n) is 1.17. The Morgan fingerprint density at radius 3 is 2.87 bits per heavy atom. The van der Waals surface area contributed by atoms with Crippen LogP contribution >= 0.6 is 0 Å². The van der Waals surface area contributed by atoms with Gasteiger partial charge in [0, 0.05) is 31.4 Å². The number of carbonyl (C=O) groups excluding carboxylic acids is 1. The molecule has 0 aliphatic carbocycles. The van der Waals surface area contributed by atoms with Crippen LogP contribution in [-0.2, 0) is 11.2 Å². The van der Waals surface area contributed by atoms with Crippen molar-refractivity contribution >= 4 is 5.91 Å². The molecule has 0 aliphatic heterocycles. The maximum absolute atomic E-state index is 11.6. The Morgan fingerprint density at radius 2 is 2.33 bits per heavy atom. The van der Waals surface area contributed by atoms with Gasteiger partial charge in [0.1, 0.15) is 0 Å². The van der Waals surface area contributed by atoms with Gasteiger partial charge in [-0.3, -0.25) is 4.79 Å². The second-order valence-corrected chi connectivity index (χ2v) is 4.29. The predicted molar refractivity (Wildman–Crippen MR) is 60.3 cm³/mol. The standard InChI is InChI=1S/C11H19N3O/c1-11(2,8-12)10(15)14-7-5-9-4-3-6-13-9/h3-4,6,13H,5,7-8,12H2,1-2H3,(H,14,15). The number of carbonyl (C=O) groups is 1. The van der Waals surface area contributed by atoms with E-state index in [1.54, 1.807) is 0 Å². The van der Waals surface area contributed by atoms with Crippen molar-refractivity contribution in [2.45, 2.75) is 20.3 Å². The predicted octanol–water partition coefficient (Wildman–Crippen LogP) is 0.658. The molecule has 0 unspecified atom stereocenters. The SMILES string of the molecule is CC(C)(CN)C(=O)NCCc1ccc[nH]1. The zero-order chi connectivity index (χ0) is 11.3. The van der Waals surface area contributed by atoms with Gasteiger partial charge in [0.2, 0.25) is 5.91 Å². The molecule has 1 rings (SSSR count). The monoisotopic (exact) mass is 209 g/mol. The lowest BCUT2D eigenvalue weighted by molar-refractivity contribution is -0.128. The molecule has 1 aromatic heterocycles. The Bertz CT molecular complexity index is 304. The fourth-order valence-corrected chi connectivity index (χ4v) is 1.17. The largest absolute Gasteiger partial charge is 0.365 e. The van der Waals surface area contributed by atoms with Crippen molar-refractivity contribution in [3.05, 3.63) is 24.0 Å². The Morgan fingerprint density at radius 1 is 1.60 bits per heavy atom. The third-order valence-electron chi connectivity index (χ3n) is 2.47. The lowest BCUT2D eigenvalue weighted by Gasteiger charge is -2.21. The van der Waals surface area contributed by atoms with E-state index in [2.05, 4.69) is 10.3 Å². The molecule has 0 saturated carbocycles. The number of aromatic amines is 1. The van der Waals surface area contributed by atoms with Crippen LogP contribution in [0.2, 0.25) is 0 Å². The van der Waals surface area contributed by atoms with Crippen molar-refractivity contribution in [3.8, 4) is 0 Å². The molecular weight excluding hydrogens is 190 g/mol. The number of H-pyrrole nitrogens is 1. The van der Waals surface area contributed by atoms with E-state index in [4.69, 9.17) is 5.73 Å². The van der Waals surface area contributed by atoms with E-state index in [-0.39, 0.29) is 5.91 Å². The summed E-state index contributed by atoms with van der Waals surface area (Å²) in [6.07, 6.45) is 2.69. The van der Waals surface area contributed by atoms with Crippen LogP contribution in [0.25, 0.3) is 0 Å². The zero-order valence-electron chi connectivity index (χ0n) is 9.34. The average molecular weight is 209 g/mol. The Kier molecular flexibility index (Phi) is 3.91. The summed E-state index contributed by atoms with van der Waals surface area (Å²) in [6.45, 7) is 4.69. The Labute approximate surface area is 90.2 Å². The van der Waals surface area contributed by atoms with Crippen LogP contribution in [0.15, 0.2) is 18.3 Å². The molecule has 1 heterocycles. The molecule has 0 radical (unpaired) electrons. The number of rotatable bonds is 5. The molecule has 84 valence electrons. The summed E-state index contributed by atoms with van der Waals surface area (Å²) >= 11 is 0. The highest BCUT2D eigenvalue weighted by atomic mass is 16.2. The molecule has 0 aliphatic rings. The van der Waals surface area contributed by atoms with Crippen LogP contribution in [-0.4, -0.2) is 24.0 Å². The minimum Gasteiger partial charge on any atom is -0.365 e. The summed E-state index contributed by atoms with van der Waals surface area (Å²) < 4.78 is 0. The first-order chi connectivity index (χ1) is 7.06. The molecule has 4 N–H and O–H groups in total. The molecule has 1 aromatic rings. The van der Waals surface area contributed by atoms with E-state index in [0.717, 1.165) is 12.1 Å². The van der Waals surface area contributed by atoms with Gasteiger partial charge in [-0.25, -0.2) is 0 Å². The van der Waals surface area contributed by atoms with Gasteiger partial charge >= 0.3 is 0 Å². The third kappa shape index (κ3) is 3.40. The van der Waals surface area contributed by atoms with Gasteiger partial charge in [-0.1, -0.05) is 0 Å². The van der Waals surface area contributed by atoms with E-state index < -0.39 is 5.41 Å². The molecule has 0 fully saturated rings. The van der Waals surface area contributed by atoms with Crippen molar-refractivity contribution < 1.29 is 4.79 Å². The van der Waals surface area contributed by atoms with Gasteiger partial charge in [0.15, 0.2) is 0 Å². The first-order valence-corrected chi connectivity index (χ1v) is 5.17. The van der Waals surface area contributed by atoms with Crippen molar-refractivity contribution in [1.82, 2.24) is 10.3 Å². The first-order valence-electron chi connectivity index (χ1n) is 5.17. The van der Waals surface area contributed by atoms with Crippen molar-refractivity contribution in [2.75, 3.05) is 13.1 Å². The number of hydrogen-bond donors (Lipinski definition) is 3. The maximum atomic E-state index is 11.6. The van der Waals surface area contributed by atoms with Crippen LogP contribution in [0, 0.1) is 5.41 Å². The van der Waals surface area contributed by atoms with Crippen molar-refractivity contribution in [3.63, 3.8) is 0 Å². The van der Waals surface area contributed by atoms with Crippen LogP contribution in [0.5, 0.6) is 0 Å². The average Bonchev–Trinajstić information content (AvgIpc) is 2.70. The van der Waals surface area contributed by atoms with E-state index in [1.165, 1.54) is 0 Å². The highest BCUT2D eigenvalue weighted by Gasteiger charge is 2.24. The van der Waals surface area contributed by atoms with Gasteiger partial charge in [0.05, 0.1) is 5.41 Å². The second kappa shape index (κ2) is 4.98. The van der Waals surface area contributed by atoms with Crippen LogP contribution < -0.4 is 11.1 Å². The van der Waals surface area contributed by atoms with Gasteiger partial charge in [-0.05, 0) is 26.0 Å². The molecule has 4 heteroatoms. The number of amides is 1. The van der Waals surface area contributed by atoms with Crippen molar-refractivity contribution in [1.29, 1.82) is 0 Å². The molecule has 1 amide bonds. The number of aromatic nitrogens is 1. The lowest BCUT2D eigenvalue weighted by atomic mass is 9.93. The summed E-state index contributed by atoms with van der Waals surface area (Å²) in [5.41, 5.74) is 6.16. The van der Waals surface area contributed by atoms with E-state index >= 15 is 0 Å². The highest BCUT2D eigenvalue weighted by molar-refractivity contribution is 5.81. The van der Waals surface area contributed by atoms with Crippen molar-refractivity contribution in [2.24, 2.45) is 11.1 Å². The summed E-state index contributed by atoms with van der Waals surface area (Å²) in [5, 5.41) is 2.87. The minimum absolute atomic E-state index is 0.0107. The van der Waals surface area contributed by atoms with Crippen LogP contribution in [0.3, 0.4) is 0 Å². The lowest BCUT2D eigenvalue weighted by Crippen LogP contribution is -2.42. The normalized spacial score (nSPS) is 11.4. The summed E-state index contributed by atoms with van der Waals surface area (Å²) in [5.74, 6) is 0.0107. The molecule has 0 bridgehead atoms. The van der Waals surface area contributed by atoms with Gasteiger partial charge in [-0.2, -0.15) is 0 Å². The minimum atomic E-state index is -0.476. The van der Waals surface area contributed by atoms with Gasteiger partial charge < -0.3 is 16.0 Å². The third-order valence-corrected chi connectivity index (χ3v) is 2.47. The highest BCUT2D eigenvalue weighted by Crippen LogP contribution is 2.11. The van der Waals surface area contributed by atoms with Gasteiger partial charge in [0.25, 0.3) is 0 Å². The van der Waals surface area contributed by atoms with E-state index in [0.29, 0.717) is 13.1 Å². The number of nitrogens with one attached hydrogen (secondary N) is 2. The molecule has 0 atom stereocenters. The molecule has 0 spiro atoms. The molecule has 0 saturated heterocycles. The Balaban J connectivity index is 2.29. The summed E-state index contributed by atoms with van der Waals surface area (Å²) in [4.78, 5) is 14.7. The van der Waals surface area contributed by atoms with Gasteiger partial charge in [-0.15, -0.1) is 0 Å². The molecule has 15 heavy (non-hydrogen) atoms. The second-order valence-electron chi connectivity index (χ2n) is 4.29. The maximum Gasteiger partial charge on any atom is 0.226 e. The van der Waals surface area contributed by atoms with Crippen LogP contribution in [0.1, 0.15) is 19.5 Å². The summed E-state index contributed by atoms with van der Waals surface area (Å²) in [7, 11) is 0. The zero-order valence-corrected chi connectivity index (χ0v) is 9.34. The Hall–Kier alpha value is -1.29. The fraction of sp³-hybridized carbons (Fsp3) is 0.545. The first kappa shape index (κ1) is 11.8. The quantitative estimate of drug-likeness (QED) is 0.666.